The lowest BCUT2D eigenvalue weighted by Crippen LogP contribution is -2.41. The number of nitrogens with one attached hydrogen (secondary N) is 1. The number of carboxylic acids is 1. The summed E-state index contributed by atoms with van der Waals surface area (Å²) in [7, 11) is 1.59. The molecule has 0 fully saturated rings. The molecule has 0 aliphatic carbocycles. The third-order valence-corrected chi connectivity index (χ3v) is 3.46. The monoisotopic (exact) mass is 300 g/mol. The average Bonchev–Trinajstić information content (AvgIpc) is 2.89. The molecule has 0 spiro atoms. The number of carbonyl (C=O) groups is 2. The van der Waals surface area contributed by atoms with Crippen LogP contribution < -0.4 is 5.32 Å². The molecule has 1 aromatic heterocycles. The number of ether oxygens (including phenoxy) is 1. The average molecular weight is 300 g/mol. The van der Waals surface area contributed by atoms with Crippen molar-refractivity contribution in [1.82, 2.24) is 9.88 Å². The number of aliphatic carboxylic acids is 1. The van der Waals surface area contributed by atoms with Crippen molar-refractivity contribution in [3.63, 3.8) is 0 Å². The second-order valence-electron chi connectivity index (χ2n) is 4.23. The maximum Gasteiger partial charge on any atom is 0.326 e. The highest BCUT2D eigenvalue weighted by atomic mass is 32.2. The molecule has 1 heterocycles. The molecule has 112 valence electrons. The van der Waals surface area contributed by atoms with Crippen molar-refractivity contribution in [2.24, 2.45) is 0 Å². The van der Waals surface area contributed by atoms with Crippen LogP contribution in [0.4, 0.5) is 0 Å². The van der Waals surface area contributed by atoms with Crippen LogP contribution in [0.1, 0.15) is 16.9 Å². The number of carbonyl (C=O) groups excluding carboxylic acids is 1. The van der Waals surface area contributed by atoms with Gasteiger partial charge < -0.3 is 19.7 Å². The van der Waals surface area contributed by atoms with Crippen LogP contribution in [0.5, 0.6) is 0 Å². The van der Waals surface area contributed by atoms with Crippen molar-refractivity contribution < 1.29 is 19.4 Å². The minimum Gasteiger partial charge on any atom is -0.480 e. The number of amides is 1. The minimum atomic E-state index is -1.01. The first kappa shape index (κ1) is 16.6. The third-order valence-electron chi connectivity index (χ3n) is 2.81. The smallest absolute Gasteiger partial charge is 0.326 e. The Morgan fingerprint density at radius 3 is 2.90 bits per heavy atom. The van der Waals surface area contributed by atoms with Gasteiger partial charge in [0.15, 0.2) is 0 Å². The summed E-state index contributed by atoms with van der Waals surface area (Å²) in [5, 5.41) is 11.7. The Balaban J connectivity index is 2.68. The van der Waals surface area contributed by atoms with Gasteiger partial charge in [0.2, 0.25) is 0 Å². The van der Waals surface area contributed by atoms with E-state index in [1.165, 1.54) is 0 Å². The van der Waals surface area contributed by atoms with Gasteiger partial charge >= 0.3 is 5.97 Å². The summed E-state index contributed by atoms with van der Waals surface area (Å²) in [4.78, 5) is 23.2. The van der Waals surface area contributed by atoms with Crippen LogP contribution in [0, 0.1) is 0 Å². The predicted molar refractivity (Wildman–Crippen MR) is 78.2 cm³/mol. The van der Waals surface area contributed by atoms with Gasteiger partial charge in [0, 0.05) is 19.9 Å². The Labute approximate surface area is 122 Å². The van der Waals surface area contributed by atoms with Crippen molar-refractivity contribution in [3.05, 3.63) is 24.0 Å². The van der Waals surface area contributed by atoms with Crippen LogP contribution in [-0.2, 0) is 16.1 Å². The Kier molecular flexibility index (Phi) is 7.17. The molecular weight excluding hydrogens is 280 g/mol. The molecule has 0 aromatic carbocycles. The SMILES string of the molecule is COCCn1cccc1C(=O)N[C@H](CCSC)C(=O)O. The molecule has 2 N–H and O–H groups in total. The van der Waals surface area contributed by atoms with E-state index < -0.39 is 12.0 Å². The number of hydrogen-bond donors (Lipinski definition) is 2. The van der Waals surface area contributed by atoms with E-state index in [1.807, 2.05) is 6.26 Å². The zero-order valence-corrected chi connectivity index (χ0v) is 12.5. The van der Waals surface area contributed by atoms with E-state index in [2.05, 4.69) is 5.32 Å². The number of aromatic nitrogens is 1. The van der Waals surface area contributed by atoms with Gasteiger partial charge in [-0.05, 0) is 30.6 Å². The third kappa shape index (κ3) is 4.90. The van der Waals surface area contributed by atoms with E-state index in [0.717, 1.165) is 0 Å². The first-order chi connectivity index (χ1) is 9.60. The molecule has 1 atom stereocenters. The highest BCUT2D eigenvalue weighted by molar-refractivity contribution is 7.98. The van der Waals surface area contributed by atoms with E-state index in [9.17, 15) is 9.59 Å². The maximum atomic E-state index is 12.1. The standard InChI is InChI=1S/C13H20N2O4S/c1-19-8-7-15-6-3-4-11(15)12(16)14-10(13(17)18)5-9-20-2/h3-4,6,10H,5,7-9H2,1-2H3,(H,14,16)(H,17,18)/t10-/m1/s1. The van der Waals surface area contributed by atoms with E-state index in [1.54, 1.807) is 41.8 Å². The summed E-state index contributed by atoms with van der Waals surface area (Å²) in [5.74, 6) is -0.705. The highest BCUT2D eigenvalue weighted by Crippen LogP contribution is 2.06. The van der Waals surface area contributed by atoms with Crippen molar-refractivity contribution >= 4 is 23.6 Å². The van der Waals surface area contributed by atoms with Gasteiger partial charge in [-0.25, -0.2) is 4.79 Å². The van der Waals surface area contributed by atoms with E-state index in [0.29, 0.717) is 31.0 Å². The van der Waals surface area contributed by atoms with Crippen LogP contribution in [0.15, 0.2) is 18.3 Å². The molecule has 0 bridgehead atoms. The molecule has 0 saturated carbocycles. The zero-order valence-electron chi connectivity index (χ0n) is 11.7. The number of methoxy groups -OCH3 is 1. The lowest BCUT2D eigenvalue weighted by molar-refractivity contribution is -0.139. The summed E-state index contributed by atoms with van der Waals surface area (Å²) in [5.41, 5.74) is 0.442. The largest absolute Gasteiger partial charge is 0.480 e. The zero-order chi connectivity index (χ0) is 15.0. The minimum absolute atomic E-state index is 0.375. The Bertz CT molecular complexity index is 447. The predicted octanol–water partition coefficient (Wildman–Crippen LogP) is 1.07. The van der Waals surface area contributed by atoms with Crippen molar-refractivity contribution in [3.8, 4) is 0 Å². The Morgan fingerprint density at radius 2 is 2.30 bits per heavy atom. The molecule has 1 aromatic rings. The van der Waals surface area contributed by atoms with E-state index in [-0.39, 0.29) is 5.91 Å². The molecule has 0 unspecified atom stereocenters. The normalized spacial score (nSPS) is 12.1. The molecule has 0 aliphatic rings. The molecular formula is C13H20N2O4S. The fraction of sp³-hybridized carbons (Fsp3) is 0.538. The Hall–Kier alpha value is -1.47. The van der Waals surface area contributed by atoms with Crippen molar-refractivity contribution in [2.75, 3.05) is 25.7 Å². The number of carboxylic acid groups (broad SMARTS) is 1. The van der Waals surface area contributed by atoms with Crippen LogP contribution >= 0.6 is 11.8 Å². The maximum absolute atomic E-state index is 12.1. The highest BCUT2D eigenvalue weighted by Gasteiger charge is 2.21. The summed E-state index contributed by atoms with van der Waals surface area (Å²) in [6.07, 6.45) is 4.07. The molecule has 7 heteroatoms. The first-order valence-electron chi connectivity index (χ1n) is 6.26. The quantitative estimate of drug-likeness (QED) is 0.713. The van der Waals surface area contributed by atoms with Crippen molar-refractivity contribution in [2.45, 2.75) is 19.0 Å². The topological polar surface area (TPSA) is 80.6 Å². The van der Waals surface area contributed by atoms with Gasteiger partial charge in [0.1, 0.15) is 11.7 Å². The van der Waals surface area contributed by atoms with Crippen molar-refractivity contribution in [1.29, 1.82) is 0 Å². The van der Waals surface area contributed by atoms with Crippen LogP contribution in [0.2, 0.25) is 0 Å². The number of thioether (sulfide) groups is 1. The molecule has 6 nitrogen and oxygen atoms in total. The van der Waals surface area contributed by atoms with Gasteiger partial charge in [-0.1, -0.05) is 0 Å². The summed E-state index contributed by atoms with van der Waals surface area (Å²) in [6.45, 7) is 1.04. The molecule has 1 amide bonds. The molecule has 0 radical (unpaired) electrons. The van der Waals surface area contributed by atoms with Gasteiger partial charge in [-0.15, -0.1) is 0 Å². The van der Waals surface area contributed by atoms with Gasteiger partial charge in [-0.2, -0.15) is 11.8 Å². The first-order valence-corrected chi connectivity index (χ1v) is 7.66. The summed E-state index contributed by atoms with van der Waals surface area (Å²) >= 11 is 1.55. The number of nitrogens with zero attached hydrogens (tertiary/aromatic N) is 1. The lowest BCUT2D eigenvalue weighted by Gasteiger charge is -2.15. The second kappa shape index (κ2) is 8.65. The van der Waals surface area contributed by atoms with Gasteiger partial charge in [0.25, 0.3) is 5.91 Å². The summed E-state index contributed by atoms with van der Waals surface area (Å²) in [6, 6.07) is 2.56. The number of hydrogen-bond acceptors (Lipinski definition) is 4. The number of rotatable bonds is 9. The molecule has 20 heavy (non-hydrogen) atoms. The van der Waals surface area contributed by atoms with Crippen LogP contribution in [0.25, 0.3) is 0 Å². The fourth-order valence-electron chi connectivity index (χ4n) is 1.73. The van der Waals surface area contributed by atoms with E-state index >= 15 is 0 Å². The van der Waals surface area contributed by atoms with Gasteiger partial charge in [-0.3, -0.25) is 4.79 Å². The molecule has 0 saturated heterocycles. The van der Waals surface area contributed by atoms with Gasteiger partial charge in [0.05, 0.1) is 6.61 Å². The fourth-order valence-corrected chi connectivity index (χ4v) is 2.20. The molecule has 0 aliphatic heterocycles. The van der Waals surface area contributed by atoms with Crippen LogP contribution in [-0.4, -0.2) is 53.3 Å². The van der Waals surface area contributed by atoms with Crippen LogP contribution in [0.3, 0.4) is 0 Å². The Morgan fingerprint density at radius 1 is 1.55 bits per heavy atom. The van der Waals surface area contributed by atoms with E-state index in [4.69, 9.17) is 9.84 Å². The summed E-state index contributed by atoms with van der Waals surface area (Å²) < 4.78 is 6.72. The lowest BCUT2D eigenvalue weighted by atomic mass is 10.2. The molecule has 1 rings (SSSR count). The second-order valence-corrected chi connectivity index (χ2v) is 5.21.